The number of benzene rings is 1. The van der Waals surface area contributed by atoms with Crippen LogP contribution < -0.4 is 4.72 Å². The van der Waals surface area contributed by atoms with Crippen molar-refractivity contribution in [3.63, 3.8) is 0 Å². The zero-order valence-electron chi connectivity index (χ0n) is 10.0. The Balaban J connectivity index is 2.01. The summed E-state index contributed by atoms with van der Waals surface area (Å²) in [4.78, 5) is 6.55. The van der Waals surface area contributed by atoms with Gasteiger partial charge in [-0.2, -0.15) is 13.5 Å². The molecule has 0 radical (unpaired) electrons. The Hall–Kier alpha value is -2.35. The number of hydrogen-bond acceptors (Lipinski definition) is 4. The van der Waals surface area contributed by atoms with Crippen LogP contribution in [0.3, 0.4) is 0 Å². The first-order valence-electron chi connectivity index (χ1n) is 5.54. The Morgan fingerprint density at radius 1 is 1.26 bits per heavy atom. The van der Waals surface area contributed by atoms with Gasteiger partial charge in [0.25, 0.3) is 10.0 Å². The Morgan fingerprint density at radius 3 is 2.79 bits per heavy atom. The van der Waals surface area contributed by atoms with Crippen LogP contribution in [0.5, 0.6) is 0 Å². The molecule has 2 aromatic heterocycles. The molecule has 98 valence electrons. The molecule has 3 N–H and O–H groups in total. The van der Waals surface area contributed by atoms with Gasteiger partial charge in [0, 0.05) is 5.39 Å². The van der Waals surface area contributed by atoms with Crippen LogP contribution in [0.2, 0.25) is 0 Å². The predicted octanol–water partition coefficient (Wildman–Crippen LogP) is 1.40. The largest absolute Gasteiger partial charge is 0.332 e. The molecule has 0 amide bonds. The van der Waals surface area contributed by atoms with E-state index in [1.807, 2.05) is 18.2 Å². The molecule has 3 aromatic rings. The number of aryl methyl sites for hydroxylation is 1. The van der Waals surface area contributed by atoms with Crippen LogP contribution in [0, 0.1) is 6.92 Å². The fourth-order valence-electron chi connectivity index (χ4n) is 1.76. The summed E-state index contributed by atoms with van der Waals surface area (Å²) in [5, 5.41) is 7.45. The number of sulfonamides is 1. The number of aromatic nitrogens is 4. The zero-order chi connectivity index (χ0) is 13.5. The zero-order valence-corrected chi connectivity index (χ0v) is 10.8. The van der Waals surface area contributed by atoms with Gasteiger partial charge in [0.15, 0.2) is 10.8 Å². The van der Waals surface area contributed by atoms with Crippen molar-refractivity contribution in [3.8, 4) is 0 Å². The second-order valence-corrected chi connectivity index (χ2v) is 5.71. The van der Waals surface area contributed by atoms with E-state index >= 15 is 0 Å². The molecule has 0 aliphatic carbocycles. The highest BCUT2D eigenvalue weighted by atomic mass is 32.2. The van der Waals surface area contributed by atoms with Crippen LogP contribution in [0.1, 0.15) is 5.82 Å². The molecule has 3 rings (SSSR count). The van der Waals surface area contributed by atoms with Crippen molar-refractivity contribution < 1.29 is 8.42 Å². The normalized spacial score (nSPS) is 11.8. The molecule has 0 aliphatic heterocycles. The predicted molar refractivity (Wildman–Crippen MR) is 70.2 cm³/mol. The maximum atomic E-state index is 12.1. The highest BCUT2D eigenvalue weighted by Crippen LogP contribution is 2.22. The second-order valence-electron chi connectivity index (χ2n) is 4.06. The maximum absolute atomic E-state index is 12.1. The lowest BCUT2D eigenvalue weighted by Crippen LogP contribution is -2.13. The van der Waals surface area contributed by atoms with E-state index in [9.17, 15) is 8.42 Å². The van der Waals surface area contributed by atoms with Crippen molar-refractivity contribution in [3.05, 3.63) is 36.3 Å². The minimum atomic E-state index is -3.70. The number of nitrogens with one attached hydrogen (secondary N) is 3. The number of rotatable bonds is 3. The maximum Gasteiger partial charge on any atom is 0.280 e. The number of H-pyrrole nitrogens is 2. The van der Waals surface area contributed by atoms with Crippen molar-refractivity contribution in [1.82, 2.24) is 20.2 Å². The van der Waals surface area contributed by atoms with Crippen molar-refractivity contribution in [2.24, 2.45) is 0 Å². The summed E-state index contributed by atoms with van der Waals surface area (Å²) in [7, 11) is -3.70. The molecule has 2 heterocycles. The highest BCUT2D eigenvalue weighted by Gasteiger charge is 2.19. The number of anilines is 1. The van der Waals surface area contributed by atoms with Crippen LogP contribution in [-0.4, -0.2) is 28.6 Å². The molecular weight excluding hydrogens is 266 g/mol. The highest BCUT2D eigenvalue weighted by molar-refractivity contribution is 7.92. The number of imidazole rings is 1. The number of nitrogens with zero attached hydrogens (tertiary/aromatic N) is 2. The first-order chi connectivity index (χ1) is 9.06. The van der Waals surface area contributed by atoms with E-state index in [2.05, 4.69) is 24.9 Å². The third-order valence-electron chi connectivity index (χ3n) is 2.67. The summed E-state index contributed by atoms with van der Waals surface area (Å²) in [5.41, 5.74) is 0.765. The molecule has 0 bridgehead atoms. The summed E-state index contributed by atoms with van der Waals surface area (Å²) in [5.74, 6) is 0.801. The summed E-state index contributed by atoms with van der Waals surface area (Å²) in [6, 6.07) is 7.27. The minimum absolute atomic E-state index is 0.0112. The van der Waals surface area contributed by atoms with Gasteiger partial charge >= 0.3 is 0 Å². The molecule has 0 atom stereocenters. The molecule has 0 aliphatic rings. The molecule has 0 saturated heterocycles. The molecule has 0 fully saturated rings. The van der Waals surface area contributed by atoms with E-state index in [1.54, 1.807) is 13.0 Å². The van der Waals surface area contributed by atoms with Gasteiger partial charge in [-0.3, -0.25) is 9.82 Å². The molecule has 0 saturated carbocycles. The Labute approximate surface area is 109 Å². The molecule has 19 heavy (non-hydrogen) atoms. The first kappa shape index (κ1) is 11.7. The Morgan fingerprint density at radius 2 is 2.05 bits per heavy atom. The number of aromatic amines is 2. The van der Waals surface area contributed by atoms with Crippen LogP contribution in [0.25, 0.3) is 10.9 Å². The van der Waals surface area contributed by atoms with Gasteiger partial charge in [-0.05, 0) is 19.1 Å². The third kappa shape index (κ3) is 2.06. The van der Waals surface area contributed by atoms with Gasteiger partial charge < -0.3 is 4.98 Å². The fourth-order valence-corrected chi connectivity index (χ4v) is 2.75. The monoisotopic (exact) mass is 277 g/mol. The summed E-state index contributed by atoms with van der Waals surface area (Å²) < 4.78 is 26.7. The van der Waals surface area contributed by atoms with Crippen LogP contribution in [0.15, 0.2) is 35.5 Å². The van der Waals surface area contributed by atoms with E-state index in [0.717, 1.165) is 5.52 Å². The lowest BCUT2D eigenvalue weighted by atomic mass is 10.2. The molecule has 0 spiro atoms. The average Bonchev–Trinajstić information content (AvgIpc) is 2.97. The van der Waals surface area contributed by atoms with Crippen molar-refractivity contribution in [1.29, 1.82) is 0 Å². The first-order valence-corrected chi connectivity index (χ1v) is 7.02. The SMILES string of the molecule is Cc1ncc(S(=O)(=O)Nc2n[nH]c3ccccc23)[nH]1. The van der Waals surface area contributed by atoms with Crippen LogP contribution in [-0.2, 0) is 10.0 Å². The van der Waals surface area contributed by atoms with E-state index in [-0.39, 0.29) is 10.8 Å². The minimum Gasteiger partial charge on any atom is -0.332 e. The van der Waals surface area contributed by atoms with E-state index in [4.69, 9.17) is 0 Å². The fraction of sp³-hybridized carbons (Fsp3) is 0.0909. The van der Waals surface area contributed by atoms with E-state index < -0.39 is 10.0 Å². The van der Waals surface area contributed by atoms with Crippen molar-refractivity contribution in [2.75, 3.05) is 4.72 Å². The van der Waals surface area contributed by atoms with Crippen LogP contribution in [0.4, 0.5) is 5.82 Å². The molecule has 8 heteroatoms. The summed E-state index contributed by atoms with van der Waals surface area (Å²) >= 11 is 0. The Kier molecular flexibility index (Phi) is 2.53. The molecule has 1 aromatic carbocycles. The van der Waals surface area contributed by atoms with Gasteiger partial charge in [-0.1, -0.05) is 12.1 Å². The second kappa shape index (κ2) is 4.09. The molecule has 0 unspecified atom stereocenters. The van der Waals surface area contributed by atoms with Crippen LogP contribution >= 0.6 is 0 Å². The van der Waals surface area contributed by atoms with Crippen molar-refractivity contribution >= 4 is 26.7 Å². The van der Waals surface area contributed by atoms with Gasteiger partial charge in [0.05, 0.1) is 11.7 Å². The number of fused-ring (bicyclic) bond motifs is 1. The van der Waals surface area contributed by atoms with Gasteiger partial charge in [0.1, 0.15) is 5.82 Å². The van der Waals surface area contributed by atoms with Gasteiger partial charge in [0.2, 0.25) is 0 Å². The number of hydrogen-bond donors (Lipinski definition) is 3. The van der Waals surface area contributed by atoms with E-state index in [0.29, 0.717) is 11.2 Å². The summed E-state index contributed by atoms with van der Waals surface area (Å²) in [6.45, 7) is 1.68. The number of para-hydroxylation sites is 1. The summed E-state index contributed by atoms with van der Waals surface area (Å²) in [6.07, 6.45) is 1.27. The quantitative estimate of drug-likeness (QED) is 0.673. The lowest BCUT2D eigenvalue weighted by Gasteiger charge is -2.02. The van der Waals surface area contributed by atoms with Gasteiger partial charge in [-0.25, -0.2) is 4.98 Å². The topological polar surface area (TPSA) is 104 Å². The smallest absolute Gasteiger partial charge is 0.280 e. The molecular formula is C11H11N5O2S. The van der Waals surface area contributed by atoms with Crippen molar-refractivity contribution in [2.45, 2.75) is 11.9 Å². The lowest BCUT2D eigenvalue weighted by molar-refractivity contribution is 0.598. The Bertz CT molecular complexity index is 834. The third-order valence-corrected chi connectivity index (χ3v) is 3.92. The van der Waals surface area contributed by atoms with Gasteiger partial charge in [-0.15, -0.1) is 0 Å². The molecule has 7 nitrogen and oxygen atoms in total. The average molecular weight is 277 g/mol. The standard InChI is InChI=1S/C11H11N5O2S/c1-7-12-6-10(13-7)19(17,18)16-11-8-4-2-3-5-9(8)14-15-11/h2-6H,1H3,(H,12,13)(H2,14,15,16). The van der Waals surface area contributed by atoms with E-state index in [1.165, 1.54) is 6.20 Å².